The van der Waals surface area contributed by atoms with Crippen LogP contribution in [0, 0.1) is 11.8 Å². The lowest BCUT2D eigenvalue weighted by Gasteiger charge is -2.33. The number of rotatable bonds is 26. The van der Waals surface area contributed by atoms with E-state index in [-0.39, 0.29) is 37.6 Å². The highest BCUT2D eigenvalue weighted by Crippen LogP contribution is 2.22. The van der Waals surface area contributed by atoms with Gasteiger partial charge in [-0.25, -0.2) is 4.79 Å². The molecule has 3 aromatic carbocycles. The van der Waals surface area contributed by atoms with Crippen LogP contribution < -0.4 is 37.6 Å². The average Bonchev–Trinajstić information content (AvgIpc) is 3.78. The fourth-order valence-corrected chi connectivity index (χ4v) is 8.39. The van der Waals surface area contributed by atoms with Gasteiger partial charge in [0.05, 0.1) is 38.3 Å². The molecule has 1 heterocycles. The van der Waals surface area contributed by atoms with Crippen molar-refractivity contribution in [2.45, 2.75) is 128 Å². The first-order valence-corrected chi connectivity index (χ1v) is 23.5. The number of nitrogens with zero attached hydrogens (tertiary/aromatic N) is 1. The summed E-state index contributed by atoms with van der Waals surface area (Å²) in [5.74, 6) is -6.19. The van der Waals surface area contributed by atoms with Gasteiger partial charge in [0.1, 0.15) is 30.2 Å². The van der Waals surface area contributed by atoms with Crippen LogP contribution in [-0.4, -0.2) is 138 Å². The molecule has 1 aliphatic rings. The molecule has 1 aliphatic heterocycles. The summed E-state index contributed by atoms with van der Waals surface area (Å²) in [5, 5.41) is 39.5. The molecule has 0 spiro atoms. The van der Waals surface area contributed by atoms with E-state index in [2.05, 4.69) is 31.9 Å². The molecule has 0 saturated carbocycles. The summed E-state index contributed by atoms with van der Waals surface area (Å²) in [6, 6.07) is 14.5. The van der Waals surface area contributed by atoms with E-state index in [0.717, 1.165) is 28.8 Å². The van der Waals surface area contributed by atoms with Gasteiger partial charge in [-0.2, -0.15) is 0 Å². The van der Waals surface area contributed by atoms with Crippen LogP contribution >= 0.6 is 0 Å². The number of hydrogen-bond acceptors (Lipinski definition) is 12. The van der Waals surface area contributed by atoms with Gasteiger partial charge in [0, 0.05) is 19.9 Å². The minimum absolute atomic E-state index is 0.0868. The Morgan fingerprint density at radius 2 is 1.36 bits per heavy atom. The number of carbonyl (C=O) groups is 8. The molecule has 1 fully saturated rings. The second kappa shape index (κ2) is 26.9. The Morgan fingerprint density at radius 1 is 0.739 bits per heavy atom. The molecule has 19 heteroatoms. The first-order valence-electron chi connectivity index (χ1n) is 23.5. The Hall–Kier alpha value is -6.44. The zero-order valence-corrected chi connectivity index (χ0v) is 40.4. The Morgan fingerprint density at radius 3 is 1.99 bits per heavy atom. The van der Waals surface area contributed by atoms with Crippen molar-refractivity contribution in [2.24, 2.45) is 17.6 Å². The molecule has 0 aromatic heterocycles. The largest absolute Gasteiger partial charge is 0.467 e. The molecule has 9 atom stereocenters. The molecule has 0 bridgehead atoms. The van der Waals surface area contributed by atoms with Crippen molar-refractivity contribution < 1.29 is 53.3 Å². The van der Waals surface area contributed by atoms with E-state index in [9.17, 15) is 48.6 Å². The summed E-state index contributed by atoms with van der Waals surface area (Å²) in [6.45, 7) is 8.01. The van der Waals surface area contributed by atoms with Crippen LogP contribution in [0.4, 0.5) is 0 Å². The molecule has 8 unspecified atom stereocenters. The molecule has 376 valence electrons. The van der Waals surface area contributed by atoms with Gasteiger partial charge in [-0.3, -0.25) is 38.5 Å². The van der Waals surface area contributed by atoms with Gasteiger partial charge in [0.2, 0.25) is 41.4 Å². The number of carbonyl (C=O) groups excluding carboxylic acids is 8. The second-order valence-electron chi connectivity index (χ2n) is 18.2. The third-order valence-corrected chi connectivity index (χ3v) is 12.3. The van der Waals surface area contributed by atoms with Crippen molar-refractivity contribution in [2.75, 3.05) is 26.8 Å². The summed E-state index contributed by atoms with van der Waals surface area (Å²) in [5.41, 5.74) is 7.08. The van der Waals surface area contributed by atoms with E-state index in [1.165, 1.54) is 7.11 Å². The third kappa shape index (κ3) is 16.9. The Bertz CT molecular complexity index is 2240. The number of aliphatic hydroxyl groups excluding tert-OH is 2. The zero-order chi connectivity index (χ0) is 50.8. The molecular weight excluding hydrogens is 889 g/mol. The highest BCUT2D eigenvalue weighted by atomic mass is 16.5. The lowest BCUT2D eigenvalue weighted by molar-refractivity contribution is -0.145. The maximum absolute atomic E-state index is 14.2. The monoisotopic (exact) mass is 959 g/mol. The number of aliphatic hydroxyl groups is 2. The molecule has 69 heavy (non-hydrogen) atoms. The van der Waals surface area contributed by atoms with Crippen molar-refractivity contribution in [3.8, 4) is 0 Å². The van der Waals surface area contributed by atoms with Crippen LogP contribution in [0.25, 0.3) is 10.8 Å². The van der Waals surface area contributed by atoms with Gasteiger partial charge < -0.3 is 52.6 Å². The van der Waals surface area contributed by atoms with Gasteiger partial charge in [0.25, 0.3) is 0 Å². The number of nitrogens with one attached hydrogen (secondary N) is 6. The van der Waals surface area contributed by atoms with Crippen LogP contribution in [0.5, 0.6) is 0 Å². The first-order chi connectivity index (χ1) is 32.8. The molecule has 7 amide bonds. The maximum Gasteiger partial charge on any atom is 0.328 e. The fraction of sp³-hybridized carbons (Fsp3) is 0.520. The summed E-state index contributed by atoms with van der Waals surface area (Å²) in [4.78, 5) is 108. The number of ether oxygens (including phenoxy) is 1. The number of amides is 7. The molecule has 3 aromatic rings. The number of β-amino-alcohol motifs (C(OH)–C–C–N with tert-alkyl or cyclic N) is 1. The van der Waals surface area contributed by atoms with Crippen LogP contribution in [0.15, 0.2) is 72.8 Å². The summed E-state index contributed by atoms with van der Waals surface area (Å²) >= 11 is 0. The summed E-state index contributed by atoms with van der Waals surface area (Å²) in [7, 11) is 1.24. The highest BCUT2D eigenvalue weighted by Gasteiger charge is 2.39. The van der Waals surface area contributed by atoms with E-state index < -0.39 is 109 Å². The number of nitrogens with two attached hydrogens (primary N) is 1. The van der Waals surface area contributed by atoms with Gasteiger partial charge >= 0.3 is 5.97 Å². The predicted molar refractivity (Wildman–Crippen MR) is 257 cm³/mol. The lowest BCUT2D eigenvalue weighted by atomic mass is 9.96. The topological polar surface area (TPSA) is 288 Å². The van der Waals surface area contributed by atoms with Crippen molar-refractivity contribution in [1.29, 1.82) is 0 Å². The number of likely N-dealkylation sites (tertiary alicyclic amines) is 1. The van der Waals surface area contributed by atoms with Crippen LogP contribution in [0.1, 0.15) is 77.8 Å². The van der Waals surface area contributed by atoms with Crippen molar-refractivity contribution >= 4 is 58.1 Å². The van der Waals surface area contributed by atoms with Gasteiger partial charge in [0.15, 0.2) is 0 Å². The van der Waals surface area contributed by atoms with E-state index in [0.29, 0.717) is 25.8 Å². The number of methoxy groups -OCH3 is 1. The number of benzene rings is 3. The third-order valence-electron chi connectivity index (χ3n) is 12.3. The van der Waals surface area contributed by atoms with Gasteiger partial charge in [-0.1, -0.05) is 107 Å². The number of esters is 1. The Labute approximate surface area is 403 Å². The molecule has 19 nitrogen and oxygen atoms in total. The van der Waals surface area contributed by atoms with Crippen LogP contribution in [0.2, 0.25) is 0 Å². The predicted octanol–water partition coefficient (Wildman–Crippen LogP) is 0.512. The van der Waals surface area contributed by atoms with E-state index >= 15 is 0 Å². The molecule has 0 radical (unpaired) electrons. The molecule has 4 rings (SSSR count). The summed E-state index contributed by atoms with van der Waals surface area (Å²) in [6.07, 6.45) is -0.0987. The quantitative estimate of drug-likeness (QED) is 0.0498. The van der Waals surface area contributed by atoms with Crippen molar-refractivity contribution in [1.82, 2.24) is 36.8 Å². The maximum atomic E-state index is 14.2. The molecule has 0 aliphatic carbocycles. The molecule has 10 N–H and O–H groups in total. The minimum Gasteiger partial charge on any atom is -0.467 e. The van der Waals surface area contributed by atoms with Gasteiger partial charge in [-0.05, 0) is 66.0 Å². The molecular formula is C50H70N8O11. The fourth-order valence-electron chi connectivity index (χ4n) is 8.39. The zero-order valence-electron chi connectivity index (χ0n) is 40.4. The standard InChI is InChI=1S/C50H70N8O11/c1-7-30(4)44(49(67)56-39(50(68)69-6)25-33-19-20-34-16-11-12-17-35(34)23-33)57-48(66)41-18-13-21-58(41)27-42(61)36(24-32-14-9-8-10-15-32)53-46(64)38(26-43(51)62)55-45(63)37(22-29(2)3)54-47(65)40(28-59)52-31(5)60/h8-12,14-17,19-20,23,29-30,36-42,44,59,61H,7,13,18,21-22,24-28H2,1-6H3,(H2,51,62)(H,52,60)(H,53,64)(H,54,65)(H,55,63)(H,56,67)(H,57,66)/t30?,36-,37?,38?,39?,40?,41?,42?,44?/m0/s1. The molecule has 1 saturated heterocycles. The highest BCUT2D eigenvalue weighted by molar-refractivity contribution is 5.96. The summed E-state index contributed by atoms with van der Waals surface area (Å²) < 4.78 is 5.07. The first kappa shape index (κ1) is 55.2. The number of hydrogen-bond donors (Lipinski definition) is 9. The average molecular weight is 959 g/mol. The number of primary amides is 1. The van der Waals surface area contributed by atoms with E-state index in [1.807, 2.05) is 56.3 Å². The second-order valence-corrected chi connectivity index (χ2v) is 18.2. The normalized spacial score (nSPS) is 17.2. The Kier molecular flexibility index (Phi) is 21.5. The minimum atomic E-state index is -1.55. The lowest BCUT2D eigenvalue weighted by Crippen LogP contribution is -2.60. The smallest absolute Gasteiger partial charge is 0.328 e. The van der Waals surface area contributed by atoms with Crippen molar-refractivity contribution in [3.63, 3.8) is 0 Å². The number of fused-ring (bicyclic) bond motifs is 1. The van der Waals surface area contributed by atoms with Gasteiger partial charge in [-0.15, -0.1) is 0 Å². The SMILES string of the molecule is CCC(C)C(NC(=O)C1CCCN1CC(O)[C@H](Cc1ccccc1)NC(=O)C(CC(N)=O)NC(=O)C(CC(C)C)NC(=O)C(CO)NC(C)=O)C(=O)NC(Cc1ccc2ccccc2c1)C(=O)OC. The Balaban J connectivity index is 1.51. The van der Waals surface area contributed by atoms with E-state index in [4.69, 9.17) is 10.5 Å². The van der Waals surface area contributed by atoms with Crippen LogP contribution in [0.3, 0.4) is 0 Å². The van der Waals surface area contributed by atoms with E-state index in [1.54, 1.807) is 49.1 Å². The van der Waals surface area contributed by atoms with Crippen molar-refractivity contribution in [3.05, 3.63) is 83.9 Å². The van der Waals surface area contributed by atoms with Crippen LogP contribution in [-0.2, 0) is 55.9 Å².